The summed E-state index contributed by atoms with van der Waals surface area (Å²) in [6, 6.07) is 0.303. The Hall–Kier alpha value is -0.990. The summed E-state index contributed by atoms with van der Waals surface area (Å²) < 4.78 is 1.90. The smallest absolute Gasteiger partial charge is 0.160 e. The van der Waals surface area contributed by atoms with E-state index < -0.39 is 0 Å². The first-order valence-electron chi connectivity index (χ1n) is 4.73. The minimum atomic E-state index is 0.303. The van der Waals surface area contributed by atoms with E-state index in [1.807, 2.05) is 11.6 Å². The van der Waals surface area contributed by atoms with Crippen LogP contribution < -0.4 is 0 Å². The third-order valence-corrected chi connectivity index (χ3v) is 2.13. The monoisotopic (exact) mass is 182 g/mol. The summed E-state index contributed by atoms with van der Waals surface area (Å²) in [5, 5.41) is 14.1. The van der Waals surface area contributed by atoms with Gasteiger partial charge in [-0.1, -0.05) is 13.8 Å². The van der Waals surface area contributed by atoms with Crippen molar-refractivity contribution in [3.05, 3.63) is 11.4 Å². The van der Waals surface area contributed by atoms with E-state index in [1.54, 1.807) is 0 Å². The molecular formula is C10H18N2O. The second kappa shape index (κ2) is 3.40. The van der Waals surface area contributed by atoms with Crippen molar-refractivity contribution in [3.8, 4) is 5.75 Å². The Morgan fingerprint density at radius 3 is 2.08 bits per heavy atom. The average Bonchev–Trinajstić information content (AvgIpc) is 2.28. The van der Waals surface area contributed by atoms with Crippen LogP contribution in [-0.2, 0) is 0 Å². The highest BCUT2D eigenvalue weighted by Gasteiger charge is 2.18. The fourth-order valence-corrected chi connectivity index (χ4v) is 1.49. The van der Waals surface area contributed by atoms with E-state index in [2.05, 4.69) is 32.8 Å². The second-order valence-corrected chi connectivity index (χ2v) is 4.01. The summed E-state index contributed by atoms with van der Waals surface area (Å²) in [6.07, 6.45) is 0. The molecule has 0 saturated heterocycles. The predicted molar refractivity (Wildman–Crippen MR) is 53.1 cm³/mol. The number of rotatable bonds is 2. The molecular weight excluding hydrogens is 164 g/mol. The lowest BCUT2D eigenvalue weighted by molar-refractivity contribution is 0.445. The molecule has 0 spiro atoms. The Bertz CT molecular complexity index is 300. The lowest BCUT2D eigenvalue weighted by Crippen LogP contribution is -2.08. The molecule has 1 rings (SSSR count). The summed E-state index contributed by atoms with van der Waals surface area (Å²) in [4.78, 5) is 0. The molecule has 1 N–H and O–H groups in total. The number of hydrogen-bond acceptors (Lipinski definition) is 2. The van der Waals surface area contributed by atoms with Crippen LogP contribution in [0.3, 0.4) is 0 Å². The van der Waals surface area contributed by atoms with Crippen LogP contribution in [0.15, 0.2) is 0 Å². The number of hydrogen-bond donors (Lipinski definition) is 1. The Labute approximate surface area is 79.4 Å². The summed E-state index contributed by atoms with van der Waals surface area (Å²) in [7, 11) is 0. The van der Waals surface area contributed by atoms with Crippen molar-refractivity contribution in [2.75, 3.05) is 0 Å². The van der Waals surface area contributed by atoms with Crippen LogP contribution in [0.4, 0.5) is 0 Å². The molecule has 13 heavy (non-hydrogen) atoms. The summed E-state index contributed by atoms with van der Waals surface area (Å²) >= 11 is 0. The minimum Gasteiger partial charge on any atom is -0.504 e. The highest BCUT2D eigenvalue weighted by Crippen LogP contribution is 2.30. The van der Waals surface area contributed by atoms with Crippen LogP contribution in [0.2, 0.25) is 0 Å². The highest BCUT2D eigenvalue weighted by molar-refractivity contribution is 5.33. The Kier molecular flexibility index (Phi) is 2.64. The van der Waals surface area contributed by atoms with Crippen molar-refractivity contribution in [2.45, 2.75) is 46.6 Å². The van der Waals surface area contributed by atoms with Crippen LogP contribution in [0.5, 0.6) is 5.75 Å². The van der Waals surface area contributed by atoms with Gasteiger partial charge in [-0.15, -0.1) is 0 Å². The van der Waals surface area contributed by atoms with Crippen LogP contribution in [-0.4, -0.2) is 14.9 Å². The fraction of sp³-hybridized carbons (Fsp3) is 0.700. The zero-order chi connectivity index (χ0) is 10.2. The Balaban J connectivity index is 3.27. The van der Waals surface area contributed by atoms with Crippen molar-refractivity contribution in [3.63, 3.8) is 0 Å². The molecule has 1 aromatic rings. The van der Waals surface area contributed by atoms with E-state index in [0.29, 0.717) is 17.7 Å². The van der Waals surface area contributed by atoms with Gasteiger partial charge in [0.1, 0.15) is 5.69 Å². The van der Waals surface area contributed by atoms with Gasteiger partial charge in [-0.3, -0.25) is 4.68 Å². The molecule has 0 amide bonds. The molecule has 3 nitrogen and oxygen atoms in total. The molecule has 0 aliphatic heterocycles. The van der Waals surface area contributed by atoms with Gasteiger partial charge in [-0.05, 0) is 26.7 Å². The van der Waals surface area contributed by atoms with Crippen LogP contribution in [0.25, 0.3) is 0 Å². The number of aryl methyl sites for hydroxylation is 1. The summed E-state index contributed by atoms with van der Waals surface area (Å²) in [5.74, 6) is 0.660. The van der Waals surface area contributed by atoms with Crippen LogP contribution in [0.1, 0.15) is 51.0 Å². The van der Waals surface area contributed by atoms with Crippen molar-refractivity contribution >= 4 is 0 Å². The zero-order valence-electron chi connectivity index (χ0n) is 9.00. The van der Waals surface area contributed by atoms with Gasteiger partial charge in [0.05, 0.1) is 5.69 Å². The van der Waals surface area contributed by atoms with Gasteiger partial charge in [0.25, 0.3) is 0 Å². The maximum Gasteiger partial charge on any atom is 0.160 e. The fourth-order valence-electron chi connectivity index (χ4n) is 1.49. The Morgan fingerprint density at radius 1 is 1.23 bits per heavy atom. The molecule has 0 aliphatic carbocycles. The van der Waals surface area contributed by atoms with E-state index in [1.165, 1.54) is 0 Å². The first-order valence-corrected chi connectivity index (χ1v) is 4.73. The first-order chi connectivity index (χ1) is 5.95. The van der Waals surface area contributed by atoms with Gasteiger partial charge in [-0.2, -0.15) is 5.10 Å². The van der Waals surface area contributed by atoms with E-state index in [0.717, 1.165) is 11.4 Å². The molecule has 0 aliphatic rings. The first kappa shape index (κ1) is 10.1. The molecule has 0 saturated carbocycles. The molecule has 0 radical (unpaired) electrons. The molecule has 0 unspecified atom stereocenters. The molecule has 0 aromatic carbocycles. The van der Waals surface area contributed by atoms with Crippen molar-refractivity contribution in [1.29, 1.82) is 0 Å². The highest BCUT2D eigenvalue weighted by atomic mass is 16.3. The Morgan fingerprint density at radius 2 is 1.77 bits per heavy atom. The third-order valence-electron chi connectivity index (χ3n) is 2.13. The van der Waals surface area contributed by atoms with Crippen molar-refractivity contribution < 1.29 is 5.11 Å². The predicted octanol–water partition coefficient (Wildman–Crippen LogP) is 2.60. The van der Waals surface area contributed by atoms with Gasteiger partial charge < -0.3 is 5.11 Å². The van der Waals surface area contributed by atoms with E-state index in [9.17, 15) is 5.11 Å². The lowest BCUT2D eigenvalue weighted by Gasteiger charge is -2.13. The number of nitrogens with zero attached hydrogens (tertiary/aromatic N) is 2. The van der Waals surface area contributed by atoms with Crippen LogP contribution >= 0.6 is 0 Å². The minimum absolute atomic E-state index is 0.303. The molecule has 1 aromatic heterocycles. The number of aromatic hydroxyl groups is 1. The van der Waals surface area contributed by atoms with Gasteiger partial charge in [0, 0.05) is 6.04 Å². The normalized spacial score (nSPS) is 11.6. The molecule has 1 heterocycles. The third kappa shape index (κ3) is 1.69. The van der Waals surface area contributed by atoms with Gasteiger partial charge in [0.2, 0.25) is 0 Å². The van der Waals surface area contributed by atoms with Gasteiger partial charge >= 0.3 is 0 Å². The lowest BCUT2D eigenvalue weighted by atomic mass is 10.1. The molecule has 0 fully saturated rings. The topological polar surface area (TPSA) is 38.0 Å². The molecule has 0 bridgehead atoms. The number of aromatic nitrogens is 2. The van der Waals surface area contributed by atoms with E-state index in [4.69, 9.17) is 0 Å². The quantitative estimate of drug-likeness (QED) is 0.763. The van der Waals surface area contributed by atoms with E-state index in [-0.39, 0.29) is 0 Å². The largest absolute Gasteiger partial charge is 0.504 e. The second-order valence-electron chi connectivity index (χ2n) is 4.01. The standard InChI is InChI=1S/C10H18N2O/c1-6(2)9-10(13)8(5)11-12(9)7(3)4/h6-7,13H,1-5H3. The summed E-state index contributed by atoms with van der Waals surface area (Å²) in [5.41, 5.74) is 1.66. The molecule has 0 atom stereocenters. The maximum atomic E-state index is 9.75. The van der Waals surface area contributed by atoms with E-state index >= 15 is 0 Å². The summed E-state index contributed by atoms with van der Waals surface area (Å²) in [6.45, 7) is 10.1. The maximum absolute atomic E-state index is 9.75. The SMILES string of the molecule is Cc1nn(C(C)C)c(C(C)C)c1O. The van der Waals surface area contributed by atoms with Crippen LogP contribution in [0, 0.1) is 6.92 Å². The van der Waals surface area contributed by atoms with Crippen molar-refractivity contribution in [2.24, 2.45) is 0 Å². The molecule has 74 valence electrons. The zero-order valence-corrected chi connectivity index (χ0v) is 9.00. The van der Waals surface area contributed by atoms with Crippen molar-refractivity contribution in [1.82, 2.24) is 9.78 Å². The van der Waals surface area contributed by atoms with Gasteiger partial charge in [-0.25, -0.2) is 0 Å². The average molecular weight is 182 g/mol. The van der Waals surface area contributed by atoms with Gasteiger partial charge in [0.15, 0.2) is 5.75 Å². The molecule has 3 heteroatoms.